The fourth-order valence-corrected chi connectivity index (χ4v) is 4.72. The summed E-state index contributed by atoms with van der Waals surface area (Å²) in [5.41, 5.74) is 0.981. The van der Waals surface area contributed by atoms with Crippen LogP contribution in [-0.4, -0.2) is 47.2 Å². The molecule has 2 heterocycles. The fraction of sp³-hybridized carbons (Fsp3) is 0.481. The minimum atomic E-state index is -1.60. The fourth-order valence-electron chi connectivity index (χ4n) is 4.72. The first kappa shape index (κ1) is 24.1. The quantitative estimate of drug-likeness (QED) is 0.568. The highest BCUT2D eigenvalue weighted by molar-refractivity contribution is 5.17. The van der Waals surface area contributed by atoms with Crippen molar-refractivity contribution < 1.29 is 28.8 Å². The van der Waals surface area contributed by atoms with E-state index >= 15 is 0 Å². The number of benzene rings is 2. The van der Waals surface area contributed by atoms with Gasteiger partial charge in [-0.1, -0.05) is 66.7 Å². The molecule has 2 aliphatic rings. The molecule has 2 aromatic carbocycles. The average Bonchev–Trinajstić information content (AvgIpc) is 3.26. The summed E-state index contributed by atoms with van der Waals surface area (Å²) in [5.74, 6) is -2.36. The second kappa shape index (κ2) is 9.66. The van der Waals surface area contributed by atoms with E-state index < -0.39 is 35.5 Å². The predicted octanol–water partition coefficient (Wildman–Crippen LogP) is 4.36. The van der Waals surface area contributed by atoms with Gasteiger partial charge in [0.15, 0.2) is 11.6 Å². The van der Waals surface area contributed by atoms with Gasteiger partial charge in [0.05, 0.1) is 19.8 Å². The lowest BCUT2D eigenvalue weighted by atomic mass is 9.85. The second-order valence-corrected chi connectivity index (χ2v) is 9.36. The van der Waals surface area contributed by atoms with Gasteiger partial charge in [0.1, 0.15) is 23.9 Å². The van der Waals surface area contributed by atoms with Crippen molar-refractivity contribution in [3.8, 4) is 0 Å². The average molecular weight is 455 g/mol. The summed E-state index contributed by atoms with van der Waals surface area (Å²) >= 11 is 0. The molecule has 2 fully saturated rings. The molecule has 6 heteroatoms. The third-order valence-corrected chi connectivity index (χ3v) is 6.24. The zero-order valence-electron chi connectivity index (χ0n) is 19.6. The molecule has 6 nitrogen and oxygen atoms in total. The highest BCUT2D eigenvalue weighted by atomic mass is 16.8. The molecule has 1 unspecified atom stereocenters. The first-order valence-corrected chi connectivity index (χ1v) is 11.4. The Labute approximate surface area is 196 Å². The Balaban J connectivity index is 1.66. The van der Waals surface area contributed by atoms with Crippen molar-refractivity contribution in [2.75, 3.05) is 6.61 Å². The van der Waals surface area contributed by atoms with Gasteiger partial charge in [0, 0.05) is 0 Å². The van der Waals surface area contributed by atoms with Gasteiger partial charge in [-0.05, 0) is 38.3 Å². The molecular formula is C27H34O6. The maximum atomic E-state index is 11.4. The number of hydrogen-bond acceptors (Lipinski definition) is 6. The van der Waals surface area contributed by atoms with Crippen molar-refractivity contribution >= 4 is 0 Å². The van der Waals surface area contributed by atoms with E-state index in [1.54, 1.807) is 13.0 Å². The topological polar surface area (TPSA) is 66.4 Å². The van der Waals surface area contributed by atoms with Crippen LogP contribution in [0.5, 0.6) is 0 Å². The van der Waals surface area contributed by atoms with E-state index in [2.05, 4.69) is 6.58 Å². The highest BCUT2D eigenvalue weighted by Gasteiger charge is 2.66. The van der Waals surface area contributed by atoms with Gasteiger partial charge < -0.3 is 28.8 Å². The zero-order valence-corrected chi connectivity index (χ0v) is 19.6. The lowest BCUT2D eigenvalue weighted by Gasteiger charge is -2.38. The van der Waals surface area contributed by atoms with E-state index in [0.29, 0.717) is 26.2 Å². The summed E-state index contributed by atoms with van der Waals surface area (Å²) in [5, 5.41) is 11.4. The number of aliphatic hydroxyl groups is 1. The lowest BCUT2D eigenvalue weighted by Crippen LogP contribution is -2.55. The van der Waals surface area contributed by atoms with Crippen LogP contribution < -0.4 is 0 Å². The highest BCUT2D eigenvalue weighted by Crippen LogP contribution is 2.48. The molecule has 0 bridgehead atoms. The SMILES string of the molecule is C=CC[C@@]1([C@H]2COC(C)(C)O2)OC(C)(O)[C@H](OCc2ccccc2)[C@H]1OCc1ccccc1. The van der Waals surface area contributed by atoms with Crippen LogP contribution in [0.4, 0.5) is 0 Å². The molecule has 0 aromatic heterocycles. The molecule has 4 rings (SSSR count). The Kier molecular flexibility index (Phi) is 7.05. The molecule has 0 radical (unpaired) electrons. The van der Waals surface area contributed by atoms with Gasteiger partial charge >= 0.3 is 0 Å². The molecule has 2 aromatic rings. The first-order valence-electron chi connectivity index (χ1n) is 11.4. The van der Waals surface area contributed by atoms with Crippen LogP contribution >= 0.6 is 0 Å². The van der Waals surface area contributed by atoms with Crippen LogP contribution in [0.3, 0.4) is 0 Å². The van der Waals surface area contributed by atoms with Crippen LogP contribution in [-0.2, 0) is 36.9 Å². The van der Waals surface area contributed by atoms with Gasteiger partial charge in [-0.3, -0.25) is 0 Å². The van der Waals surface area contributed by atoms with Crippen molar-refractivity contribution in [1.82, 2.24) is 0 Å². The van der Waals surface area contributed by atoms with Gasteiger partial charge in [-0.2, -0.15) is 0 Å². The Morgan fingerprint density at radius 1 is 0.939 bits per heavy atom. The maximum absolute atomic E-state index is 11.4. The van der Waals surface area contributed by atoms with Gasteiger partial charge in [-0.15, -0.1) is 6.58 Å². The molecule has 0 amide bonds. The summed E-state index contributed by atoms with van der Waals surface area (Å²) in [4.78, 5) is 0. The van der Waals surface area contributed by atoms with Gasteiger partial charge in [-0.25, -0.2) is 0 Å². The van der Waals surface area contributed by atoms with E-state index in [-0.39, 0.29) is 0 Å². The summed E-state index contributed by atoms with van der Waals surface area (Å²) < 4.78 is 31.3. The van der Waals surface area contributed by atoms with Gasteiger partial charge in [0.2, 0.25) is 0 Å². The van der Waals surface area contributed by atoms with E-state index in [9.17, 15) is 5.11 Å². The van der Waals surface area contributed by atoms with Crippen LogP contribution in [0.15, 0.2) is 73.3 Å². The van der Waals surface area contributed by atoms with Crippen molar-refractivity contribution in [2.45, 2.75) is 75.9 Å². The Bertz CT molecular complexity index is 913. The largest absolute Gasteiger partial charge is 0.367 e. The number of rotatable bonds is 9. The third kappa shape index (κ3) is 5.22. The van der Waals surface area contributed by atoms with E-state index in [4.69, 9.17) is 23.7 Å². The molecule has 5 atom stereocenters. The smallest absolute Gasteiger partial charge is 0.192 e. The number of ether oxygens (including phenoxy) is 5. The minimum Gasteiger partial charge on any atom is -0.367 e. The summed E-state index contributed by atoms with van der Waals surface area (Å²) in [6.07, 6.45) is 0.315. The van der Waals surface area contributed by atoms with Gasteiger partial charge in [0.25, 0.3) is 0 Å². The second-order valence-electron chi connectivity index (χ2n) is 9.36. The summed E-state index contributed by atoms with van der Waals surface area (Å²) in [6, 6.07) is 19.7. The van der Waals surface area contributed by atoms with E-state index in [1.165, 1.54) is 0 Å². The maximum Gasteiger partial charge on any atom is 0.192 e. The molecule has 178 valence electrons. The lowest BCUT2D eigenvalue weighted by molar-refractivity contribution is -0.268. The molecular weight excluding hydrogens is 420 g/mol. The predicted molar refractivity (Wildman–Crippen MR) is 124 cm³/mol. The molecule has 2 aliphatic heterocycles. The normalized spacial score (nSPS) is 33.3. The van der Waals surface area contributed by atoms with Crippen LogP contribution in [0.2, 0.25) is 0 Å². The van der Waals surface area contributed by atoms with E-state index in [0.717, 1.165) is 11.1 Å². The first-order chi connectivity index (χ1) is 15.8. The summed E-state index contributed by atoms with van der Waals surface area (Å²) in [6.45, 7) is 10.3. The molecule has 0 spiro atoms. The summed E-state index contributed by atoms with van der Waals surface area (Å²) in [7, 11) is 0. The monoisotopic (exact) mass is 454 g/mol. The molecule has 0 aliphatic carbocycles. The Hall–Kier alpha value is -2.06. The third-order valence-electron chi connectivity index (χ3n) is 6.24. The van der Waals surface area contributed by atoms with Crippen molar-refractivity contribution in [1.29, 1.82) is 0 Å². The van der Waals surface area contributed by atoms with Crippen molar-refractivity contribution in [3.63, 3.8) is 0 Å². The molecule has 33 heavy (non-hydrogen) atoms. The van der Waals surface area contributed by atoms with Crippen LogP contribution in [0.1, 0.15) is 38.3 Å². The van der Waals surface area contributed by atoms with E-state index in [1.807, 2.05) is 74.5 Å². The molecule has 1 N–H and O–H groups in total. The van der Waals surface area contributed by atoms with Crippen LogP contribution in [0.25, 0.3) is 0 Å². The molecule has 0 saturated carbocycles. The van der Waals surface area contributed by atoms with Crippen molar-refractivity contribution in [3.05, 3.63) is 84.4 Å². The van der Waals surface area contributed by atoms with Crippen LogP contribution in [0, 0.1) is 0 Å². The van der Waals surface area contributed by atoms with Crippen molar-refractivity contribution in [2.24, 2.45) is 0 Å². The Morgan fingerprint density at radius 2 is 1.48 bits per heavy atom. The number of hydrogen-bond donors (Lipinski definition) is 1. The molecule has 2 saturated heterocycles. The standard InChI is InChI=1S/C27H34O6/c1-5-16-27(22-19-31-25(2,3)32-22)24(30-18-21-14-10-7-11-15-21)23(26(4,28)33-27)29-17-20-12-8-6-9-13-20/h5-15,22-24,28H,1,16-19H2,2-4H3/t22-,23-,24-,26?,27+/m1/s1. The zero-order chi connectivity index (χ0) is 23.5. The Morgan fingerprint density at radius 3 is 1.97 bits per heavy atom. The minimum absolute atomic E-state index is 0.313.